The highest BCUT2D eigenvalue weighted by atomic mass is 19.2. The van der Waals surface area contributed by atoms with Crippen molar-refractivity contribution in [2.24, 2.45) is 0 Å². The van der Waals surface area contributed by atoms with Gasteiger partial charge in [-0.05, 0) is 50.2 Å². The first kappa shape index (κ1) is 15.0. The van der Waals surface area contributed by atoms with Gasteiger partial charge in [0.25, 0.3) is 0 Å². The molecule has 0 bridgehead atoms. The second kappa shape index (κ2) is 6.38. The Morgan fingerprint density at radius 3 is 2.60 bits per heavy atom. The monoisotopic (exact) mass is 280 g/mol. The summed E-state index contributed by atoms with van der Waals surface area (Å²) in [6.45, 7) is 4.29. The quantitative estimate of drug-likeness (QED) is 0.675. The summed E-state index contributed by atoms with van der Waals surface area (Å²) in [5, 5.41) is 0. The molecule has 0 aliphatic heterocycles. The maximum atomic E-state index is 14.1. The lowest BCUT2D eigenvalue weighted by Crippen LogP contribution is -2.11. The van der Waals surface area contributed by atoms with Crippen molar-refractivity contribution in [1.82, 2.24) is 0 Å². The summed E-state index contributed by atoms with van der Waals surface area (Å²) in [6.07, 6.45) is 4.99. The second-order valence-corrected chi connectivity index (χ2v) is 5.56. The smallest absolute Gasteiger partial charge is 0.200 e. The molecule has 0 saturated heterocycles. The summed E-state index contributed by atoms with van der Waals surface area (Å²) < 4.78 is 32.7. The highest BCUT2D eigenvalue weighted by molar-refractivity contribution is 5.35. The molecule has 0 heterocycles. The zero-order valence-corrected chi connectivity index (χ0v) is 12.4. The van der Waals surface area contributed by atoms with Crippen LogP contribution in [0.25, 0.3) is 0 Å². The number of rotatable bonds is 4. The number of halogens is 2. The minimum Gasteiger partial charge on any atom is -0.494 e. The molecule has 3 heteroatoms. The molecule has 110 valence electrons. The number of methoxy groups -OCH3 is 1. The Hall–Kier alpha value is -1.38. The predicted molar refractivity (Wildman–Crippen MR) is 77.1 cm³/mol. The Morgan fingerprint density at radius 1 is 1.25 bits per heavy atom. The van der Waals surface area contributed by atoms with Gasteiger partial charge in [-0.25, -0.2) is 4.39 Å². The SMILES string of the molecule is CCCC1=C(C)CC(c2ccc(OC)c(F)c2F)CC1. The Bertz CT molecular complexity index is 520. The molecule has 0 aromatic heterocycles. The highest BCUT2D eigenvalue weighted by Gasteiger charge is 2.25. The molecule has 1 atom stereocenters. The molecule has 0 N–H and O–H groups in total. The molecule has 1 aromatic carbocycles. The largest absolute Gasteiger partial charge is 0.494 e. The van der Waals surface area contributed by atoms with E-state index in [1.54, 1.807) is 6.07 Å². The average molecular weight is 280 g/mol. The van der Waals surface area contributed by atoms with Gasteiger partial charge in [-0.15, -0.1) is 0 Å². The first-order valence-electron chi connectivity index (χ1n) is 7.27. The molecule has 1 nitrogen and oxygen atoms in total. The summed E-state index contributed by atoms with van der Waals surface area (Å²) in [7, 11) is 1.35. The van der Waals surface area contributed by atoms with Gasteiger partial charge in [0.05, 0.1) is 7.11 Å². The van der Waals surface area contributed by atoms with Gasteiger partial charge in [-0.1, -0.05) is 30.6 Å². The molecule has 0 radical (unpaired) electrons. The van der Waals surface area contributed by atoms with Gasteiger partial charge in [0.15, 0.2) is 11.6 Å². The molecule has 0 fully saturated rings. The Kier molecular flexibility index (Phi) is 4.79. The molecule has 0 amide bonds. The van der Waals surface area contributed by atoms with E-state index >= 15 is 0 Å². The van der Waals surface area contributed by atoms with Crippen LogP contribution in [0.4, 0.5) is 8.78 Å². The van der Waals surface area contributed by atoms with Crippen LogP contribution in [0, 0.1) is 11.6 Å². The molecule has 1 aromatic rings. The molecule has 0 spiro atoms. The minimum absolute atomic E-state index is 0.0269. The van der Waals surface area contributed by atoms with Crippen LogP contribution in [0.2, 0.25) is 0 Å². The Labute approximate surface area is 119 Å². The summed E-state index contributed by atoms with van der Waals surface area (Å²) in [5.41, 5.74) is 3.33. The van der Waals surface area contributed by atoms with E-state index in [0.717, 1.165) is 32.1 Å². The van der Waals surface area contributed by atoms with Gasteiger partial charge in [0, 0.05) is 0 Å². The van der Waals surface area contributed by atoms with E-state index < -0.39 is 11.6 Å². The van der Waals surface area contributed by atoms with Crippen LogP contribution in [0.3, 0.4) is 0 Å². The Morgan fingerprint density at radius 2 is 2.00 bits per heavy atom. The first-order chi connectivity index (χ1) is 9.58. The third-order valence-electron chi connectivity index (χ3n) is 4.24. The number of benzene rings is 1. The van der Waals surface area contributed by atoms with Crippen molar-refractivity contribution in [2.45, 2.75) is 51.9 Å². The van der Waals surface area contributed by atoms with E-state index in [1.807, 2.05) is 0 Å². The van der Waals surface area contributed by atoms with Crippen molar-refractivity contribution in [3.63, 3.8) is 0 Å². The average Bonchev–Trinajstić information content (AvgIpc) is 2.44. The van der Waals surface area contributed by atoms with E-state index in [0.29, 0.717) is 5.56 Å². The molecular weight excluding hydrogens is 258 g/mol. The molecule has 1 aliphatic carbocycles. The fraction of sp³-hybridized carbons (Fsp3) is 0.529. The van der Waals surface area contributed by atoms with Gasteiger partial charge in [0.2, 0.25) is 5.82 Å². The fourth-order valence-electron chi connectivity index (χ4n) is 3.10. The van der Waals surface area contributed by atoms with Crippen molar-refractivity contribution < 1.29 is 13.5 Å². The first-order valence-corrected chi connectivity index (χ1v) is 7.27. The topological polar surface area (TPSA) is 9.23 Å². The van der Waals surface area contributed by atoms with Crippen LogP contribution < -0.4 is 4.74 Å². The summed E-state index contributed by atoms with van der Waals surface area (Å²) in [4.78, 5) is 0. The molecule has 1 unspecified atom stereocenters. The third kappa shape index (κ3) is 2.87. The molecular formula is C17H22F2O. The summed E-state index contributed by atoms with van der Waals surface area (Å²) in [5.74, 6) is -1.57. The van der Waals surface area contributed by atoms with Gasteiger partial charge >= 0.3 is 0 Å². The standard InChI is InChI=1S/C17H22F2O/c1-4-5-12-6-7-13(10-11(12)2)14-8-9-15(20-3)17(19)16(14)18/h8-9,13H,4-7,10H2,1-3H3. The lowest BCUT2D eigenvalue weighted by Gasteiger charge is -2.26. The van der Waals surface area contributed by atoms with E-state index in [9.17, 15) is 8.78 Å². The van der Waals surface area contributed by atoms with Gasteiger partial charge < -0.3 is 4.74 Å². The predicted octanol–water partition coefficient (Wildman–Crippen LogP) is 5.36. The lowest BCUT2D eigenvalue weighted by atomic mass is 9.79. The molecule has 1 aliphatic rings. The van der Waals surface area contributed by atoms with Crippen molar-refractivity contribution in [3.8, 4) is 5.75 Å². The third-order valence-corrected chi connectivity index (χ3v) is 4.24. The van der Waals surface area contributed by atoms with Gasteiger partial charge in [0.1, 0.15) is 0 Å². The highest BCUT2D eigenvalue weighted by Crippen LogP contribution is 2.39. The number of ether oxygens (including phenoxy) is 1. The van der Waals surface area contributed by atoms with Gasteiger partial charge in [-0.2, -0.15) is 4.39 Å². The molecule has 0 saturated carbocycles. The maximum Gasteiger partial charge on any atom is 0.200 e. The minimum atomic E-state index is -0.869. The van der Waals surface area contributed by atoms with Crippen LogP contribution in [-0.4, -0.2) is 7.11 Å². The van der Waals surface area contributed by atoms with Crippen LogP contribution >= 0.6 is 0 Å². The lowest BCUT2D eigenvalue weighted by molar-refractivity contribution is 0.367. The number of hydrogen-bond donors (Lipinski definition) is 0. The zero-order chi connectivity index (χ0) is 14.7. The molecule has 2 rings (SSSR count). The van der Waals surface area contributed by atoms with E-state index in [-0.39, 0.29) is 11.7 Å². The number of allylic oxidation sites excluding steroid dienone is 2. The van der Waals surface area contributed by atoms with Gasteiger partial charge in [-0.3, -0.25) is 0 Å². The van der Waals surface area contributed by atoms with E-state index in [1.165, 1.54) is 24.3 Å². The molecule has 20 heavy (non-hydrogen) atoms. The maximum absolute atomic E-state index is 14.1. The van der Waals surface area contributed by atoms with Crippen LogP contribution in [-0.2, 0) is 0 Å². The van der Waals surface area contributed by atoms with Crippen molar-refractivity contribution in [1.29, 1.82) is 0 Å². The van der Waals surface area contributed by atoms with Crippen molar-refractivity contribution in [3.05, 3.63) is 40.5 Å². The second-order valence-electron chi connectivity index (χ2n) is 5.56. The van der Waals surface area contributed by atoms with Crippen LogP contribution in [0.5, 0.6) is 5.75 Å². The number of hydrogen-bond acceptors (Lipinski definition) is 1. The summed E-state index contributed by atoms with van der Waals surface area (Å²) >= 11 is 0. The van der Waals surface area contributed by atoms with Crippen molar-refractivity contribution in [2.75, 3.05) is 7.11 Å². The fourth-order valence-corrected chi connectivity index (χ4v) is 3.10. The van der Waals surface area contributed by atoms with Crippen LogP contribution in [0.15, 0.2) is 23.3 Å². The summed E-state index contributed by atoms with van der Waals surface area (Å²) in [6, 6.07) is 3.19. The Balaban J connectivity index is 2.25. The zero-order valence-electron chi connectivity index (χ0n) is 12.4. The van der Waals surface area contributed by atoms with Crippen LogP contribution in [0.1, 0.15) is 57.4 Å². The normalized spacial score (nSPS) is 19.4. The van der Waals surface area contributed by atoms with Crippen molar-refractivity contribution >= 4 is 0 Å². The van der Waals surface area contributed by atoms with E-state index in [2.05, 4.69) is 13.8 Å². The van der Waals surface area contributed by atoms with E-state index in [4.69, 9.17) is 4.74 Å².